The second-order valence-corrected chi connectivity index (χ2v) is 5.16. The van der Waals surface area contributed by atoms with Crippen LogP contribution in [0, 0.1) is 0 Å². The molecule has 0 radical (unpaired) electrons. The molecule has 1 aromatic carbocycles. The molecule has 0 unspecified atom stereocenters. The number of nitrogens with two attached hydrogens (primary N) is 1. The summed E-state index contributed by atoms with van der Waals surface area (Å²) in [7, 11) is 0. The van der Waals surface area contributed by atoms with Crippen LogP contribution in [-0.2, 0) is 11.2 Å². The Bertz CT molecular complexity index is 686. The maximum Gasteiger partial charge on any atom is 0.335 e. The Hall–Kier alpha value is -2.41. The van der Waals surface area contributed by atoms with E-state index >= 15 is 0 Å². The Morgan fingerprint density at radius 1 is 1.29 bits per heavy atom. The smallest absolute Gasteiger partial charge is 0.335 e. The molecule has 0 spiro atoms. The summed E-state index contributed by atoms with van der Waals surface area (Å²) in [5.74, 6) is -1.28. The number of anilines is 2. The van der Waals surface area contributed by atoms with Gasteiger partial charge in [-0.3, -0.25) is 9.78 Å². The van der Waals surface area contributed by atoms with Crippen LogP contribution in [0.15, 0.2) is 41.0 Å². The van der Waals surface area contributed by atoms with E-state index in [1.54, 1.807) is 12.1 Å². The van der Waals surface area contributed by atoms with Gasteiger partial charge in [0.1, 0.15) is 0 Å². The van der Waals surface area contributed by atoms with E-state index in [-0.39, 0.29) is 17.9 Å². The van der Waals surface area contributed by atoms with Crippen LogP contribution in [-0.4, -0.2) is 22.0 Å². The number of carbonyl (C=O) groups excluding carboxylic acids is 1. The van der Waals surface area contributed by atoms with E-state index in [9.17, 15) is 9.59 Å². The molecule has 0 aliphatic rings. The van der Waals surface area contributed by atoms with Crippen LogP contribution in [0.5, 0.6) is 0 Å². The maximum atomic E-state index is 11.9. The summed E-state index contributed by atoms with van der Waals surface area (Å²) in [6.45, 7) is 0. The number of halogens is 1. The molecule has 0 saturated heterocycles. The molecule has 0 bridgehead atoms. The molecular weight excluding hydrogens is 338 g/mol. The number of nitrogens with one attached hydrogen (secondary N) is 1. The van der Waals surface area contributed by atoms with Crippen molar-refractivity contribution in [1.29, 1.82) is 0 Å². The Balaban J connectivity index is 2.06. The highest BCUT2D eigenvalue weighted by atomic mass is 79.9. The number of amides is 1. The number of hydrogen-bond acceptors (Lipinski definition) is 4. The van der Waals surface area contributed by atoms with E-state index in [1.807, 2.05) is 0 Å². The summed E-state index contributed by atoms with van der Waals surface area (Å²) in [6, 6.07) is 7.73. The fraction of sp³-hybridized carbons (Fsp3) is 0.0714. The maximum absolute atomic E-state index is 11.9. The lowest BCUT2D eigenvalue weighted by molar-refractivity contribution is -0.115. The lowest BCUT2D eigenvalue weighted by Gasteiger charge is -2.08. The zero-order valence-corrected chi connectivity index (χ0v) is 12.4. The quantitative estimate of drug-likeness (QED) is 0.785. The molecule has 2 rings (SSSR count). The van der Waals surface area contributed by atoms with Crippen molar-refractivity contribution >= 4 is 39.2 Å². The number of carbonyl (C=O) groups is 2. The first kappa shape index (κ1) is 15.0. The lowest BCUT2D eigenvalue weighted by Crippen LogP contribution is -2.15. The summed E-state index contributed by atoms with van der Waals surface area (Å²) in [6.07, 6.45) is 1.59. The number of nitrogens with zero attached hydrogens (tertiary/aromatic N) is 1. The number of nitrogen functional groups attached to an aromatic ring is 1. The fourth-order valence-electron chi connectivity index (χ4n) is 1.65. The van der Waals surface area contributed by atoms with Crippen molar-refractivity contribution in [3.63, 3.8) is 0 Å². The molecule has 21 heavy (non-hydrogen) atoms. The van der Waals surface area contributed by atoms with Gasteiger partial charge in [-0.1, -0.05) is 0 Å². The summed E-state index contributed by atoms with van der Waals surface area (Å²) < 4.78 is 0.501. The SMILES string of the molecule is Nc1ccc(CC(=O)Nc2ccc(C(=O)O)cc2Br)nc1. The van der Waals surface area contributed by atoms with Crippen LogP contribution >= 0.6 is 15.9 Å². The third kappa shape index (κ3) is 4.03. The van der Waals surface area contributed by atoms with Crippen LogP contribution in [0.1, 0.15) is 16.1 Å². The Kier molecular flexibility index (Phi) is 4.54. The van der Waals surface area contributed by atoms with Gasteiger partial charge in [0, 0.05) is 10.2 Å². The van der Waals surface area contributed by atoms with E-state index in [0.29, 0.717) is 21.5 Å². The van der Waals surface area contributed by atoms with Crippen molar-refractivity contribution in [1.82, 2.24) is 4.98 Å². The second kappa shape index (κ2) is 6.36. The molecule has 0 fully saturated rings. The van der Waals surface area contributed by atoms with Gasteiger partial charge in [0.2, 0.25) is 5.91 Å². The largest absolute Gasteiger partial charge is 0.478 e. The number of carboxylic acids is 1. The third-order valence-electron chi connectivity index (χ3n) is 2.68. The minimum Gasteiger partial charge on any atom is -0.478 e. The number of benzene rings is 1. The molecule has 108 valence electrons. The molecule has 0 saturated carbocycles. The minimum atomic E-state index is -1.03. The third-order valence-corrected chi connectivity index (χ3v) is 3.34. The van der Waals surface area contributed by atoms with E-state index in [2.05, 4.69) is 26.2 Å². The monoisotopic (exact) mass is 349 g/mol. The first-order chi connectivity index (χ1) is 9.95. The van der Waals surface area contributed by atoms with Crippen molar-refractivity contribution in [2.24, 2.45) is 0 Å². The van der Waals surface area contributed by atoms with Crippen molar-refractivity contribution in [3.05, 3.63) is 52.3 Å². The van der Waals surface area contributed by atoms with Gasteiger partial charge in [-0.15, -0.1) is 0 Å². The Morgan fingerprint density at radius 3 is 2.62 bits per heavy atom. The molecule has 1 heterocycles. The summed E-state index contributed by atoms with van der Waals surface area (Å²) in [5.41, 5.74) is 7.29. The molecule has 0 atom stereocenters. The number of carboxylic acid groups (broad SMARTS) is 1. The molecule has 1 aromatic heterocycles. The standard InChI is InChI=1S/C14H12BrN3O3/c15-11-5-8(14(20)21)1-4-12(11)18-13(19)6-10-3-2-9(16)7-17-10/h1-5,7H,6,16H2,(H,18,19)(H,20,21). The highest BCUT2D eigenvalue weighted by Crippen LogP contribution is 2.23. The zero-order chi connectivity index (χ0) is 15.4. The van der Waals surface area contributed by atoms with Crippen LogP contribution < -0.4 is 11.1 Å². The average Bonchev–Trinajstić information content (AvgIpc) is 2.43. The van der Waals surface area contributed by atoms with Gasteiger partial charge >= 0.3 is 5.97 Å². The zero-order valence-electron chi connectivity index (χ0n) is 10.8. The molecule has 2 aromatic rings. The Morgan fingerprint density at radius 2 is 2.05 bits per heavy atom. The van der Waals surface area contributed by atoms with Gasteiger partial charge in [0.05, 0.1) is 29.6 Å². The van der Waals surface area contributed by atoms with E-state index < -0.39 is 5.97 Å². The lowest BCUT2D eigenvalue weighted by atomic mass is 10.2. The van der Waals surface area contributed by atoms with Crippen LogP contribution in [0.2, 0.25) is 0 Å². The van der Waals surface area contributed by atoms with Gasteiger partial charge < -0.3 is 16.2 Å². The highest BCUT2D eigenvalue weighted by molar-refractivity contribution is 9.10. The number of hydrogen-bond donors (Lipinski definition) is 3. The van der Waals surface area contributed by atoms with Crippen LogP contribution in [0.4, 0.5) is 11.4 Å². The van der Waals surface area contributed by atoms with Crippen LogP contribution in [0.25, 0.3) is 0 Å². The molecular formula is C14H12BrN3O3. The summed E-state index contributed by atoms with van der Waals surface area (Å²) in [5, 5.41) is 11.6. The van der Waals surface area contributed by atoms with E-state index in [4.69, 9.17) is 10.8 Å². The van der Waals surface area contributed by atoms with Gasteiger partial charge in [0.25, 0.3) is 0 Å². The van der Waals surface area contributed by atoms with Crippen LogP contribution in [0.3, 0.4) is 0 Å². The molecule has 7 heteroatoms. The van der Waals surface area contributed by atoms with Crippen molar-refractivity contribution < 1.29 is 14.7 Å². The molecule has 6 nitrogen and oxygen atoms in total. The normalized spacial score (nSPS) is 10.1. The van der Waals surface area contributed by atoms with Crippen molar-refractivity contribution in [2.75, 3.05) is 11.1 Å². The van der Waals surface area contributed by atoms with Gasteiger partial charge in [-0.05, 0) is 46.3 Å². The average molecular weight is 350 g/mol. The molecule has 0 aliphatic heterocycles. The number of aromatic nitrogens is 1. The molecule has 1 amide bonds. The predicted octanol–water partition coefficient (Wildman–Crippen LogP) is 2.31. The number of aromatic carboxylic acids is 1. The first-order valence-electron chi connectivity index (χ1n) is 5.99. The topological polar surface area (TPSA) is 105 Å². The Labute approximate surface area is 129 Å². The van der Waals surface area contributed by atoms with E-state index in [0.717, 1.165) is 0 Å². The van der Waals surface area contributed by atoms with Crippen molar-refractivity contribution in [3.8, 4) is 0 Å². The summed E-state index contributed by atoms with van der Waals surface area (Å²) >= 11 is 3.23. The minimum absolute atomic E-state index is 0.105. The molecule has 4 N–H and O–H groups in total. The van der Waals surface area contributed by atoms with Gasteiger partial charge in [-0.2, -0.15) is 0 Å². The molecule has 0 aliphatic carbocycles. The van der Waals surface area contributed by atoms with Gasteiger partial charge in [-0.25, -0.2) is 4.79 Å². The second-order valence-electron chi connectivity index (χ2n) is 4.31. The predicted molar refractivity (Wildman–Crippen MR) is 82.1 cm³/mol. The fourth-order valence-corrected chi connectivity index (χ4v) is 2.13. The summed E-state index contributed by atoms with van der Waals surface area (Å²) in [4.78, 5) is 26.8. The number of rotatable bonds is 4. The van der Waals surface area contributed by atoms with Gasteiger partial charge in [0.15, 0.2) is 0 Å². The highest BCUT2D eigenvalue weighted by Gasteiger charge is 2.10. The first-order valence-corrected chi connectivity index (χ1v) is 6.78. The van der Waals surface area contributed by atoms with Crippen molar-refractivity contribution in [2.45, 2.75) is 6.42 Å². The van der Waals surface area contributed by atoms with E-state index in [1.165, 1.54) is 24.4 Å². The number of pyridine rings is 1.